The van der Waals surface area contributed by atoms with Gasteiger partial charge in [0.25, 0.3) is 11.8 Å². The molecule has 14 nitrogen and oxygen atoms in total. The number of carbonyl (C=O) groups excluding carboxylic acids is 6. The summed E-state index contributed by atoms with van der Waals surface area (Å²) < 4.78 is 16.5. The third kappa shape index (κ3) is 11.4. The molecule has 14 heteroatoms. The first-order chi connectivity index (χ1) is 25.1. The SMILES string of the molecule is CCCCOCCNC(=O)CCCC(=O)Nc1ccc2c(c1)C(COC(=O)ON1C(=O)CCC1=O)c1cccc(C(=O)CCCOC(C)CCO)c1-2. The molecule has 282 valence electrons. The molecular formula is C38H49N3O11. The second kappa shape index (κ2) is 20.4. The standard InChI is InChI=1S/C38H49N3O11/c1-3-4-20-49-22-18-39-33(44)11-6-12-34(45)40-26-13-14-28-30(23-26)31(24-51-38(48)52-41-35(46)15-16-36(41)47)27-8-5-9-29(37(27)28)32(43)10-7-21-50-25(2)17-19-42/h5,8-9,13-14,23,25,31,42H,3-4,6-7,10-12,15-22,24H2,1-2H3,(H,39,44)(H,40,45). The number of hydrogen-bond donors (Lipinski definition) is 3. The van der Waals surface area contributed by atoms with Crippen molar-refractivity contribution in [2.24, 2.45) is 0 Å². The number of nitrogens with zero attached hydrogens (tertiary/aromatic N) is 1. The molecular weight excluding hydrogens is 674 g/mol. The number of Topliss-reactive ketones (excluding diaryl/α,β-unsaturated/α-hetero) is 1. The van der Waals surface area contributed by atoms with Gasteiger partial charge < -0.3 is 30.0 Å². The molecule has 3 N–H and O–H groups in total. The molecule has 0 bridgehead atoms. The highest BCUT2D eigenvalue weighted by Crippen LogP contribution is 2.48. The largest absolute Gasteiger partial charge is 0.533 e. The van der Waals surface area contributed by atoms with Gasteiger partial charge in [-0.05, 0) is 67.0 Å². The number of aliphatic hydroxyl groups excluding tert-OH is 1. The van der Waals surface area contributed by atoms with Gasteiger partial charge in [0.1, 0.15) is 6.61 Å². The molecule has 0 radical (unpaired) electrons. The number of imide groups is 1. The molecule has 0 aromatic heterocycles. The van der Waals surface area contributed by atoms with Gasteiger partial charge in [-0.3, -0.25) is 28.8 Å². The summed E-state index contributed by atoms with van der Waals surface area (Å²) in [5.74, 6) is -2.38. The number of hydroxylamine groups is 2. The van der Waals surface area contributed by atoms with Crippen molar-refractivity contribution in [3.8, 4) is 11.1 Å². The lowest BCUT2D eigenvalue weighted by Gasteiger charge is -2.17. The number of anilines is 1. The van der Waals surface area contributed by atoms with Crippen molar-refractivity contribution in [2.45, 2.75) is 90.1 Å². The van der Waals surface area contributed by atoms with Crippen LogP contribution in [0.1, 0.15) is 105 Å². The van der Waals surface area contributed by atoms with Gasteiger partial charge in [0.15, 0.2) is 5.78 Å². The normalized spacial score (nSPS) is 15.2. The number of nitrogens with one attached hydrogen (secondary N) is 2. The maximum Gasteiger partial charge on any atom is 0.533 e. The van der Waals surface area contributed by atoms with Gasteiger partial charge in [-0.2, -0.15) is 0 Å². The van der Waals surface area contributed by atoms with E-state index < -0.39 is 23.9 Å². The van der Waals surface area contributed by atoms with Crippen molar-refractivity contribution < 1.29 is 52.9 Å². The van der Waals surface area contributed by atoms with E-state index in [4.69, 9.17) is 24.2 Å². The number of hydrogen-bond acceptors (Lipinski definition) is 11. The van der Waals surface area contributed by atoms with Crippen LogP contribution < -0.4 is 10.6 Å². The Balaban J connectivity index is 1.43. The summed E-state index contributed by atoms with van der Waals surface area (Å²) in [6.07, 6.45) is 2.42. The minimum Gasteiger partial charge on any atom is -0.432 e. The van der Waals surface area contributed by atoms with E-state index in [1.54, 1.807) is 30.3 Å². The van der Waals surface area contributed by atoms with E-state index in [-0.39, 0.29) is 69.0 Å². The molecule has 1 fully saturated rings. The Labute approximate surface area is 303 Å². The molecule has 2 unspecified atom stereocenters. The van der Waals surface area contributed by atoms with E-state index in [9.17, 15) is 28.8 Å². The van der Waals surface area contributed by atoms with Gasteiger partial charge >= 0.3 is 6.16 Å². The predicted octanol–water partition coefficient (Wildman–Crippen LogP) is 4.81. The Morgan fingerprint density at radius 3 is 2.44 bits per heavy atom. The second-order valence-corrected chi connectivity index (χ2v) is 12.8. The summed E-state index contributed by atoms with van der Waals surface area (Å²) in [5.41, 5.74) is 3.79. The number of carbonyl (C=O) groups is 6. The number of benzene rings is 2. The number of ether oxygens (including phenoxy) is 3. The number of rotatable bonds is 22. The fraction of sp³-hybridized carbons (Fsp3) is 0.526. The van der Waals surface area contributed by atoms with Gasteiger partial charge in [-0.1, -0.05) is 42.7 Å². The Bertz CT molecular complexity index is 1580. The highest BCUT2D eigenvalue weighted by molar-refractivity contribution is 6.05. The van der Waals surface area contributed by atoms with Crippen LogP contribution in [-0.2, 0) is 38.2 Å². The van der Waals surface area contributed by atoms with Crippen LogP contribution in [-0.4, -0.2) is 91.4 Å². The summed E-state index contributed by atoms with van der Waals surface area (Å²) in [5, 5.41) is 15.2. The van der Waals surface area contributed by atoms with Crippen molar-refractivity contribution in [1.82, 2.24) is 10.4 Å². The Hall–Kier alpha value is -4.66. The Morgan fingerprint density at radius 1 is 0.923 bits per heavy atom. The fourth-order valence-corrected chi connectivity index (χ4v) is 6.06. The average molecular weight is 724 g/mol. The topological polar surface area (TPSA) is 187 Å². The molecule has 2 aliphatic rings. The summed E-state index contributed by atoms with van der Waals surface area (Å²) >= 11 is 0. The van der Waals surface area contributed by atoms with Crippen LogP contribution >= 0.6 is 0 Å². The van der Waals surface area contributed by atoms with Gasteiger partial charge in [0, 0.05) is 75.6 Å². The smallest absolute Gasteiger partial charge is 0.432 e. The van der Waals surface area contributed by atoms with Crippen LogP contribution in [0.15, 0.2) is 36.4 Å². The van der Waals surface area contributed by atoms with Crippen LogP contribution in [0.3, 0.4) is 0 Å². The third-order valence-corrected chi connectivity index (χ3v) is 8.80. The summed E-state index contributed by atoms with van der Waals surface area (Å²) in [7, 11) is 0. The maximum atomic E-state index is 13.5. The average Bonchev–Trinajstić information content (AvgIpc) is 3.61. The van der Waals surface area contributed by atoms with E-state index in [0.29, 0.717) is 73.1 Å². The Kier molecular flexibility index (Phi) is 15.7. The fourth-order valence-electron chi connectivity index (χ4n) is 6.06. The van der Waals surface area contributed by atoms with E-state index in [1.807, 2.05) is 13.0 Å². The van der Waals surface area contributed by atoms with Crippen LogP contribution in [0.5, 0.6) is 0 Å². The number of unbranched alkanes of at least 4 members (excludes halogenated alkanes) is 1. The number of ketones is 1. The van der Waals surface area contributed by atoms with Crippen LogP contribution in [0.4, 0.5) is 10.5 Å². The van der Waals surface area contributed by atoms with Crippen molar-refractivity contribution in [3.63, 3.8) is 0 Å². The molecule has 1 aliphatic heterocycles. The molecule has 2 aromatic carbocycles. The number of fused-ring (bicyclic) bond motifs is 3. The minimum atomic E-state index is -1.22. The molecule has 1 heterocycles. The van der Waals surface area contributed by atoms with Crippen molar-refractivity contribution in [2.75, 3.05) is 44.9 Å². The maximum absolute atomic E-state index is 13.5. The summed E-state index contributed by atoms with van der Waals surface area (Å²) in [4.78, 5) is 79.9. The van der Waals surface area contributed by atoms with E-state index in [0.717, 1.165) is 24.0 Å². The van der Waals surface area contributed by atoms with Crippen LogP contribution in [0.2, 0.25) is 0 Å². The molecule has 4 rings (SSSR count). The zero-order valence-corrected chi connectivity index (χ0v) is 29.9. The molecule has 1 saturated heterocycles. The first-order valence-electron chi connectivity index (χ1n) is 18.0. The van der Waals surface area contributed by atoms with Gasteiger partial charge in [-0.25, -0.2) is 4.79 Å². The number of amides is 4. The van der Waals surface area contributed by atoms with Crippen molar-refractivity contribution in [1.29, 1.82) is 0 Å². The van der Waals surface area contributed by atoms with Gasteiger partial charge in [0.05, 0.1) is 12.7 Å². The molecule has 4 amide bonds. The van der Waals surface area contributed by atoms with Crippen molar-refractivity contribution in [3.05, 3.63) is 53.1 Å². The van der Waals surface area contributed by atoms with Crippen molar-refractivity contribution >= 4 is 41.3 Å². The van der Waals surface area contributed by atoms with Gasteiger partial charge in [-0.15, -0.1) is 0 Å². The third-order valence-electron chi connectivity index (χ3n) is 8.80. The van der Waals surface area contributed by atoms with Crippen LogP contribution in [0, 0.1) is 0 Å². The lowest BCUT2D eigenvalue weighted by molar-refractivity contribution is -0.177. The van der Waals surface area contributed by atoms with E-state index >= 15 is 0 Å². The molecule has 1 aliphatic carbocycles. The minimum absolute atomic E-state index is 0.0206. The predicted molar refractivity (Wildman–Crippen MR) is 189 cm³/mol. The molecule has 0 spiro atoms. The first-order valence-corrected chi connectivity index (χ1v) is 18.0. The highest BCUT2D eigenvalue weighted by Gasteiger charge is 2.36. The van der Waals surface area contributed by atoms with Crippen LogP contribution in [0.25, 0.3) is 11.1 Å². The lowest BCUT2D eigenvalue weighted by atomic mass is 9.93. The molecule has 0 saturated carbocycles. The zero-order valence-electron chi connectivity index (χ0n) is 29.9. The Morgan fingerprint density at radius 2 is 1.69 bits per heavy atom. The molecule has 52 heavy (non-hydrogen) atoms. The summed E-state index contributed by atoms with van der Waals surface area (Å²) in [6.45, 7) is 5.60. The zero-order chi connectivity index (χ0) is 37.5. The van der Waals surface area contributed by atoms with E-state index in [1.165, 1.54) is 0 Å². The monoisotopic (exact) mass is 723 g/mol. The second-order valence-electron chi connectivity index (χ2n) is 12.8. The summed E-state index contributed by atoms with van der Waals surface area (Å²) in [6, 6.07) is 10.6. The lowest BCUT2D eigenvalue weighted by Crippen LogP contribution is -2.32. The van der Waals surface area contributed by atoms with Gasteiger partial charge in [0.2, 0.25) is 11.8 Å². The molecule has 2 aromatic rings. The first kappa shape index (κ1) is 40.1. The molecule has 2 atom stereocenters. The highest BCUT2D eigenvalue weighted by atomic mass is 16.8. The number of aliphatic hydroxyl groups is 1. The van der Waals surface area contributed by atoms with E-state index in [2.05, 4.69) is 17.6 Å². The quantitative estimate of drug-likeness (QED) is 0.0655.